The van der Waals surface area contributed by atoms with Crippen molar-refractivity contribution in [3.63, 3.8) is 0 Å². The van der Waals surface area contributed by atoms with Crippen molar-refractivity contribution in [3.05, 3.63) is 65.1 Å². The van der Waals surface area contributed by atoms with E-state index in [9.17, 15) is 13.6 Å². The van der Waals surface area contributed by atoms with Crippen LogP contribution in [0, 0.1) is 18.6 Å². The maximum Gasteiger partial charge on any atom is 0.203 e. The molecule has 0 saturated carbocycles. The van der Waals surface area contributed by atoms with Crippen molar-refractivity contribution in [1.82, 2.24) is 4.98 Å². The summed E-state index contributed by atoms with van der Waals surface area (Å²) in [7, 11) is 0. The molecule has 0 radical (unpaired) electrons. The molecule has 3 nitrogen and oxygen atoms in total. The molecule has 1 heterocycles. The standard InChI is InChI=1S/C16H11F2NO2/c1-9-6-10(12(18)7-11(9)17)14(20)8-16-19-13-4-2-3-5-15(13)21-16/h2-7H,8H2,1H3. The highest BCUT2D eigenvalue weighted by Gasteiger charge is 2.17. The molecule has 3 rings (SSSR count). The molecule has 0 bridgehead atoms. The molecule has 0 fully saturated rings. The number of Topliss-reactive ketones (excluding diaryl/α,β-unsaturated/α-hetero) is 1. The van der Waals surface area contributed by atoms with Gasteiger partial charge in [-0.15, -0.1) is 0 Å². The zero-order valence-corrected chi connectivity index (χ0v) is 11.2. The van der Waals surface area contributed by atoms with Crippen molar-refractivity contribution < 1.29 is 18.0 Å². The Morgan fingerprint density at radius 2 is 1.95 bits per heavy atom. The average Bonchev–Trinajstić information content (AvgIpc) is 2.84. The van der Waals surface area contributed by atoms with Crippen LogP contribution in [-0.4, -0.2) is 10.8 Å². The van der Waals surface area contributed by atoms with Gasteiger partial charge in [0.15, 0.2) is 11.4 Å². The first-order chi connectivity index (χ1) is 10.0. The first-order valence-electron chi connectivity index (χ1n) is 6.38. The van der Waals surface area contributed by atoms with E-state index in [1.165, 1.54) is 13.0 Å². The van der Waals surface area contributed by atoms with Crippen molar-refractivity contribution in [3.8, 4) is 0 Å². The van der Waals surface area contributed by atoms with E-state index in [1.54, 1.807) is 24.3 Å². The largest absolute Gasteiger partial charge is 0.440 e. The van der Waals surface area contributed by atoms with Gasteiger partial charge in [0.1, 0.15) is 17.2 Å². The fourth-order valence-corrected chi connectivity index (χ4v) is 2.10. The predicted molar refractivity (Wildman–Crippen MR) is 73.1 cm³/mol. The summed E-state index contributed by atoms with van der Waals surface area (Å²) in [6.45, 7) is 1.48. The Bertz CT molecular complexity index is 806. The summed E-state index contributed by atoms with van der Waals surface area (Å²) in [6.07, 6.45) is -0.170. The van der Waals surface area contributed by atoms with Gasteiger partial charge in [0.2, 0.25) is 5.89 Å². The molecule has 0 N–H and O–H groups in total. The lowest BCUT2D eigenvalue weighted by Gasteiger charge is -2.03. The molecule has 21 heavy (non-hydrogen) atoms. The quantitative estimate of drug-likeness (QED) is 0.687. The van der Waals surface area contributed by atoms with E-state index >= 15 is 0 Å². The molecule has 0 aliphatic carbocycles. The number of para-hydroxylation sites is 2. The van der Waals surface area contributed by atoms with Gasteiger partial charge in [0.25, 0.3) is 0 Å². The van der Waals surface area contributed by atoms with Gasteiger partial charge in [0, 0.05) is 6.07 Å². The van der Waals surface area contributed by atoms with Crippen LogP contribution in [0.25, 0.3) is 11.1 Å². The Balaban J connectivity index is 1.91. The van der Waals surface area contributed by atoms with Crippen LogP contribution in [0.3, 0.4) is 0 Å². The maximum atomic E-state index is 13.7. The smallest absolute Gasteiger partial charge is 0.203 e. The zero-order chi connectivity index (χ0) is 15.0. The van der Waals surface area contributed by atoms with E-state index in [2.05, 4.69) is 4.98 Å². The number of benzene rings is 2. The number of rotatable bonds is 3. The second-order valence-electron chi connectivity index (χ2n) is 4.76. The molecule has 0 amide bonds. The molecule has 0 saturated heterocycles. The summed E-state index contributed by atoms with van der Waals surface area (Å²) in [4.78, 5) is 16.3. The number of carbonyl (C=O) groups excluding carboxylic acids is 1. The Morgan fingerprint density at radius 1 is 1.19 bits per heavy atom. The normalized spacial score (nSPS) is 11.0. The van der Waals surface area contributed by atoms with Gasteiger partial charge in [0.05, 0.1) is 12.0 Å². The van der Waals surface area contributed by atoms with Crippen LogP contribution < -0.4 is 0 Å². The highest BCUT2D eigenvalue weighted by atomic mass is 19.1. The molecule has 0 aliphatic heterocycles. The van der Waals surface area contributed by atoms with Crippen molar-refractivity contribution in [2.24, 2.45) is 0 Å². The molecule has 0 unspecified atom stereocenters. The summed E-state index contributed by atoms with van der Waals surface area (Å²) in [5.74, 6) is -1.84. The van der Waals surface area contributed by atoms with Crippen LogP contribution in [0.15, 0.2) is 40.8 Å². The third-order valence-electron chi connectivity index (χ3n) is 3.20. The number of carbonyl (C=O) groups is 1. The second kappa shape index (κ2) is 5.09. The predicted octanol–water partition coefficient (Wildman–Crippen LogP) is 3.84. The van der Waals surface area contributed by atoms with Crippen LogP contribution in [-0.2, 0) is 6.42 Å². The van der Waals surface area contributed by atoms with Gasteiger partial charge < -0.3 is 4.42 Å². The van der Waals surface area contributed by atoms with E-state index in [-0.39, 0.29) is 23.4 Å². The van der Waals surface area contributed by atoms with Gasteiger partial charge >= 0.3 is 0 Å². The Labute approximate surface area is 119 Å². The lowest BCUT2D eigenvalue weighted by molar-refractivity contribution is 0.0982. The van der Waals surface area contributed by atoms with Crippen LogP contribution in [0.1, 0.15) is 21.8 Å². The number of oxazole rings is 1. The molecule has 3 aromatic rings. The number of fused-ring (bicyclic) bond motifs is 1. The molecule has 0 aliphatic rings. The molecule has 5 heteroatoms. The van der Waals surface area contributed by atoms with Crippen LogP contribution in [0.4, 0.5) is 8.78 Å². The van der Waals surface area contributed by atoms with Crippen LogP contribution in [0.5, 0.6) is 0 Å². The van der Waals surface area contributed by atoms with Crippen molar-refractivity contribution in [1.29, 1.82) is 0 Å². The van der Waals surface area contributed by atoms with Crippen molar-refractivity contribution >= 4 is 16.9 Å². The minimum atomic E-state index is -0.876. The number of aryl methyl sites for hydroxylation is 1. The van der Waals surface area contributed by atoms with E-state index < -0.39 is 17.4 Å². The highest BCUT2D eigenvalue weighted by molar-refractivity contribution is 5.97. The van der Waals surface area contributed by atoms with Gasteiger partial charge in [-0.2, -0.15) is 0 Å². The average molecular weight is 287 g/mol. The third-order valence-corrected chi connectivity index (χ3v) is 3.20. The fraction of sp³-hybridized carbons (Fsp3) is 0.125. The number of aromatic nitrogens is 1. The number of halogens is 2. The molecule has 0 spiro atoms. The number of nitrogens with zero attached hydrogens (tertiary/aromatic N) is 1. The van der Waals surface area contributed by atoms with Gasteiger partial charge in [-0.3, -0.25) is 4.79 Å². The molecule has 0 atom stereocenters. The lowest BCUT2D eigenvalue weighted by atomic mass is 10.0. The lowest BCUT2D eigenvalue weighted by Crippen LogP contribution is -2.07. The zero-order valence-electron chi connectivity index (χ0n) is 11.2. The van der Waals surface area contributed by atoms with E-state index in [0.717, 1.165) is 0 Å². The minimum absolute atomic E-state index is 0.156. The van der Waals surface area contributed by atoms with E-state index in [1.807, 2.05) is 0 Å². The third kappa shape index (κ3) is 2.54. The minimum Gasteiger partial charge on any atom is -0.440 e. The SMILES string of the molecule is Cc1cc(C(=O)Cc2nc3ccccc3o2)c(F)cc1F. The summed E-state index contributed by atoms with van der Waals surface area (Å²) in [5.41, 5.74) is 1.26. The van der Waals surface area contributed by atoms with Gasteiger partial charge in [-0.25, -0.2) is 13.8 Å². The number of hydrogen-bond acceptors (Lipinski definition) is 3. The van der Waals surface area contributed by atoms with E-state index in [0.29, 0.717) is 17.2 Å². The first kappa shape index (κ1) is 13.4. The maximum absolute atomic E-state index is 13.7. The Kier molecular flexibility index (Phi) is 3.25. The van der Waals surface area contributed by atoms with Gasteiger partial charge in [-0.05, 0) is 30.7 Å². The molecule has 2 aromatic carbocycles. The summed E-state index contributed by atoms with van der Waals surface area (Å²) < 4.78 is 32.3. The van der Waals surface area contributed by atoms with E-state index in [4.69, 9.17) is 4.42 Å². The number of hydrogen-bond donors (Lipinski definition) is 0. The van der Waals surface area contributed by atoms with Crippen LogP contribution in [0.2, 0.25) is 0 Å². The summed E-state index contributed by atoms with van der Waals surface area (Å²) in [6, 6.07) is 9.01. The van der Waals surface area contributed by atoms with Crippen LogP contribution >= 0.6 is 0 Å². The molecule has 1 aromatic heterocycles. The molecular weight excluding hydrogens is 276 g/mol. The van der Waals surface area contributed by atoms with Crippen molar-refractivity contribution in [2.45, 2.75) is 13.3 Å². The highest BCUT2D eigenvalue weighted by Crippen LogP contribution is 2.19. The number of ketones is 1. The molecule has 106 valence electrons. The topological polar surface area (TPSA) is 43.1 Å². The Morgan fingerprint density at radius 3 is 2.71 bits per heavy atom. The summed E-state index contributed by atoms with van der Waals surface area (Å²) in [5, 5.41) is 0. The Hall–Kier alpha value is -2.56. The fourth-order valence-electron chi connectivity index (χ4n) is 2.10. The van der Waals surface area contributed by atoms with Crippen molar-refractivity contribution in [2.75, 3.05) is 0 Å². The monoisotopic (exact) mass is 287 g/mol. The first-order valence-corrected chi connectivity index (χ1v) is 6.38. The summed E-state index contributed by atoms with van der Waals surface area (Å²) >= 11 is 0. The van der Waals surface area contributed by atoms with Gasteiger partial charge in [-0.1, -0.05) is 12.1 Å². The molecular formula is C16H11F2NO2. The second-order valence-corrected chi connectivity index (χ2v) is 4.76.